The van der Waals surface area contributed by atoms with E-state index in [2.05, 4.69) is 0 Å². The minimum Gasteiger partial charge on any atom is -0.669 e. The molecule has 0 saturated heterocycles. The number of aryl methyl sites for hydroxylation is 2. The number of fused-ring (bicyclic) bond motifs is 1. The third-order valence-corrected chi connectivity index (χ3v) is 3.94. The van der Waals surface area contributed by atoms with Gasteiger partial charge in [-0.3, -0.25) is 4.57 Å². The van der Waals surface area contributed by atoms with Crippen LogP contribution in [0.4, 0.5) is 0 Å². The maximum Gasteiger partial charge on any atom is 0.430 e. The topological polar surface area (TPSA) is 107 Å². The van der Waals surface area contributed by atoms with Crippen LogP contribution in [0.3, 0.4) is 0 Å². The summed E-state index contributed by atoms with van der Waals surface area (Å²) < 4.78 is 16.3. The molecule has 0 aliphatic carbocycles. The Morgan fingerprint density at radius 3 is 2.59 bits per heavy atom. The van der Waals surface area contributed by atoms with E-state index in [1.807, 2.05) is 0 Å². The average Bonchev–Trinajstić information content (AvgIpc) is 2.13. The highest BCUT2D eigenvalue weighted by Gasteiger charge is 2.34. The molecule has 0 unspecified atom stereocenters. The van der Waals surface area contributed by atoms with E-state index in [0.29, 0.717) is 17.5 Å². The number of benzene rings is 1. The van der Waals surface area contributed by atoms with Crippen molar-refractivity contribution in [1.82, 2.24) is 0 Å². The summed E-state index contributed by atoms with van der Waals surface area (Å²) in [4.78, 5) is 18.5. The van der Waals surface area contributed by atoms with Gasteiger partial charge in [0.1, 0.15) is 5.30 Å². The lowest BCUT2D eigenvalue weighted by molar-refractivity contribution is 0.231. The fourth-order valence-electron chi connectivity index (χ4n) is 1.99. The van der Waals surface area contributed by atoms with Gasteiger partial charge in [-0.25, -0.2) is 0 Å². The first-order valence-electron chi connectivity index (χ1n) is 5.18. The lowest BCUT2D eigenvalue weighted by Crippen LogP contribution is -2.46. The molecule has 1 heterocycles. The molecule has 0 aromatic heterocycles. The van der Waals surface area contributed by atoms with Crippen molar-refractivity contribution in [3.05, 3.63) is 23.3 Å². The highest BCUT2D eigenvalue weighted by Crippen LogP contribution is 2.42. The Kier molecular flexibility index (Phi) is 2.84. The maximum atomic E-state index is 11.4. The van der Waals surface area contributed by atoms with Crippen molar-refractivity contribution in [2.45, 2.75) is 19.7 Å². The summed E-state index contributed by atoms with van der Waals surface area (Å²) in [6, 6.07) is 3.26. The zero-order valence-corrected chi connectivity index (χ0v) is 10.1. The average molecular weight is 259 g/mol. The van der Waals surface area contributed by atoms with Crippen molar-refractivity contribution in [2.24, 2.45) is 0 Å². The van der Waals surface area contributed by atoms with Crippen molar-refractivity contribution in [2.75, 3.05) is 0 Å². The van der Waals surface area contributed by atoms with Crippen molar-refractivity contribution in [3.63, 3.8) is 0 Å². The van der Waals surface area contributed by atoms with Crippen LogP contribution in [-0.2, 0) is 11.0 Å². The molecule has 0 radical (unpaired) electrons. The van der Waals surface area contributed by atoms with E-state index in [1.54, 1.807) is 12.1 Å². The maximum absolute atomic E-state index is 11.4. The first kappa shape index (κ1) is 12.6. The molecule has 6 nitrogen and oxygen atoms in total. The molecule has 1 aliphatic rings. The van der Waals surface area contributed by atoms with Crippen LogP contribution in [0.5, 0.6) is 5.75 Å². The first-order valence-corrected chi connectivity index (χ1v) is 6.80. The van der Waals surface area contributed by atoms with Crippen LogP contribution in [-0.4, -0.2) is 26.6 Å². The molecular formula is C9H13BO6P-. The van der Waals surface area contributed by atoms with Gasteiger partial charge in [0.2, 0.25) is 0 Å². The summed E-state index contributed by atoms with van der Waals surface area (Å²) in [6.07, 6.45) is 0.340. The fraction of sp³-hybridized carbons (Fsp3) is 0.333. The molecule has 0 spiro atoms. The van der Waals surface area contributed by atoms with Gasteiger partial charge in [-0.2, -0.15) is 0 Å². The van der Waals surface area contributed by atoms with E-state index < -0.39 is 14.4 Å². The monoisotopic (exact) mass is 259 g/mol. The van der Waals surface area contributed by atoms with Crippen molar-refractivity contribution in [1.29, 1.82) is 0 Å². The summed E-state index contributed by atoms with van der Waals surface area (Å²) in [5.41, 5.74) is 0.945. The van der Waals surface area contributed by atoms with Gasteiger partial charge in [-0.05, 0) is 24.5 Å². The molecule has 1 aromatic carbocycles. The zero-order chi connectivity index (χ0) is 12.8. The molecule has 0 bridgehead atoms. The molecule has 8 heteroatoms. The Morgan fingerprint density at radius 1 is 1.35 bits per heavy atom. The van der Waals surface area contributed by atoms with Gasteiger partial charge in [0.15, 0.2) is 0 Å². The minimum atomic E-state index is -4.51. The Balaban J connectivity index is 2.64. The molecule has 17 heavy (non-hydrogen) atoms. The van der Waals surface area contributed by atoms with Gasteiger partial charge in [0.25, 0.3) is 0 Å². The van der Waals surface area contributed by atoms with E-state index >= 15 is 0 Å². The summed E-state index contributed by atoms with van der Waals surface area (Å²) in [7, 11) is -4.51. The summed E-state index contributed by atoms with van der Waals surface area (Å²) in [5.74, 6) is -0.0883. The van der Waals surface area contributed by atoms with Gasteiger partial charge in [0.05, 0.1) is 5.75 Å². The predicted molar refractivity (Wildman–Crippen MR) is 62.2 cm³/mol. The second-order valence-corrected chi connectivity index (χ2v) is 5.81. The molecule has 2 rings (SSSR count). The Bertz CT molecular complexity index is 508. The molecule has 0 atom stereocenters. The SMILES string of the molecule is Cc1ccc2c(c1P(=O)(O)O)O[B-](O)(O)CC2. The zero-order valence-electron chi connectivity index (χ0n) is 9.20. The highest BCUT2D eigenvalue weighted by molar-refractivity contribution is 7.60. The predicted octanol–water partition coefficient (Wildman–Crippen LogP) is -0.344. The Morgan fingerprint density at radius 2 is 2.00 bits per heavy atom. The van der Waals surface area contributed by atoms with Gasteiger partial charge in [-0.15, -0.1) is 0 Å². The van der Waals surface area contributed by atoms with Crippen LogP contribution in [0, 0.1) is 6.92 Å². The molecule has 0 saturated carbocycles. The summed E-state index contributed by atoms with van der Waals surface area (Å²) >= 11 is 0. The third-order valence-electron chi connectivity index (χ3n) is 2.80. The second kappa shape index (κ2) is 3.83. The lowest BCUT2D eigenvalue weighted by Gasteiger charge is -2.37. The first-order chi connectivity index (χ1) is 7.71. The second-order valence-electron chi connectivity index (χ2n) is 4.28. The molecule has 1 aromatic rings. The van der Waals surface area contributed by atoms with E-state index in [1.165, 1.54) is 6.92 Å². The Hall–Kier alpha value is -0.845. The number of hydrogen-bond donors (Lipinski definition) is 4. The summed E-state index contributed by atoms with van der Waals surface area (Å²) in [5, 5.41) is 18.6. The molecule has 4 N–H and O–H groups in total. The van der Waals surface area contributed by atoms with E-state index in [-0.39, 0.29) is 17.4 Å². The van der Waals surface area contributed by atoms with Crippen LogP contribution in [0.1, 0.15) is 11.1 Å². The largest absolute Gasteiger partial charge is 0.669 e. The number of rotatable bonds is 1. The van der Waals surface area contributed by atoms with Gasteiger partial charge in [-0.1, -0.05) is 18.5 Å². The van der Waals surface area contributed by atoms with E-state index in [0.717, 1.165) is 0 Å². The van der Waals surface area contributed by atoms with Crippen molar-refractivity contribution >= 4 is 19.7 Å². The molecule has 1 aliphatic heterocycles. The van der Waals surface area contributed by atoms with Gasteiger partial charge >= 0.3 is 14.4 Å². The van der Waals surface area contributed by atoms with Crippen LogP contribution >= 0.6 is 7.60 Å². The normalized spacial score (nSPS) is 18.4. The van der Waals surface area contributed by atoms with Gasteiger partial charge < -0.3 is 24.5 Å². The quantitative estimate of drug-likeness (QED) is 0.406. The Labute approximate surface area is 98.0 Å². The lowest BCUT2D eigenvalue weighted by atomic mass is 9.70. The molecular weight excluding hydrogens is 246 g/mol. The van der Waals surface area contributed by atoms with Crippen molar-refractivity contribution < 1.29 is 29.1 Å². The third kappa shape index (κ3) is 2.39. The highest BCUT2D eigenvalue weighted by atomic mass is 31.2. The van der Waals surface area contributed by atoms with Crippen LogP contribution < -0.4 is 9.96 Å². The van der Waals surface area contributed by atoms with Crippen molar-refractivity contribution in [3.8, 4) is 5.75 Å². The van der Waals surface area contributed by atoms with Gasteiger partial charge in [0, 0.05) is 0 Å². The molecule has 0 amide bonds. The summed E-state index contributed by atoms with van der Waals surface area (Å²) in [6.45, 7) is -1.48. The fourth-order valence-corrected chi connectivity index (χ4v) is 2.99. The van der Waals surface area contributed by atoms with E-state index in [4.69, 9.17) is 4.65 Å². The van der Waals surface area contributed by atoms with E-state index in [9.17, 15) is 24.4 Å². The molecule has 0 fully saturated rings. The van der Waals surface area contributed by atoms with Crippen LogP contribution in [0.15, 0.2) is 12.1 Å². The number of hydrogen-bond acceptors (Lipinski definition) is 4. The van der Waals surface area contributed by atoms with Crippen LogP contribution in [0.2, 0.25) is 6.32 Å². The smallest absolute Gasteiger partial charge is 0.430 e. The minimum absolute atomic E-state index is 0.0245. The standard InChI is InChI=1S/C9H13BO6P/c1-6-2-3-7-4-5-10(11,12)16-8(7)9(6)17(13,14)15/h2-3,11-12H,4-5H2,1H3,(H2,13,14,15)/q-1. The molecule has 94 valence electrons. The van der Waals surface area contributed by atoms with Crippen LogP contribution in [0.25, 0.3) is 0 Å².